The lowest BCUT2D eigenvalue weighted by Crippen LogP contribution is -2.55. The zero-order valence-electron chi connectivity index (χ0n) is 16.5. The highest BCUT2D eigenvalue weighted by molar-refractivity contribution is 7.80. The molecule has 5 nitrogen and oxygen atoms in total. The van der Waals surface area contributed by atoms with E-state index in [2.05, 4.69) is 16.2 Å². The molecule has 0 aliphatic carbocycles. The van der Waals surface area contributed by atoms with Crippen LogP contribution in [0.4, 0.5) is 0 Å². The number of nitrogens with zero attached hydrogens (tertiary/aromatic N) is 1. The number of hydrogen-bond donors (Lipinski definition) is 1. The van der Waals surface area contributed by atoms with Crippen molar-refractivity contribution in [1.82, 2.24) is 10.3 Å². The summed E-state index contributed by atoms with van der Waals surface area (Å²) >= 11 is 5.53. The molecular weight excluding hydrogens is 360 g/mol. The number of nitrogens with one attached hydrogen (secondary N) is 1. The average Bonchev–Trinajstić information content (AvgIpc) is 2.61. The minimum atomic E-state index is -0.427. The van der Waals surface area contributed by atoms with Gasteiger partial charge in [-0.2, -0.15) is 0 Å². The van der Waals surface area contributed by atoms with E-state index < -0.39 is 5.54 Å². The van der Waals surface area contributed by atoms with Gasteiger partial charge in [0.2, 0.25) is 0 Å². The van der Waals surface area contributed by atoms with Gasteiger partial charge in [-0.05, 0) is 44.5 Å². The predicted octanol–water partition coefficient (Wildman–Crippen LogP) is 3.26. The summed E-state index contributed by atoms with van der Waals surface area (Å²) in [5, 5.41) is 4.24. The van der Waals surface area contributed by atoms with Gasteiger partial charge in [0, 0.05) is 31.4 Å². The number of thiocarbonyl (C=S) groups is 1. The summed E-state index contributed by atoms with van der Waals surface area (Å²) in [6.07, 6.45) is 6.85. The zero-order chi connectivity index (χ0) is 20.0. The summed E-state index contributed by atoms with van der Waals surface area (Å²) in [5.74, 6) is 3.32. The van der Waals surface area contributed by atoms with Crippen LogP contribution in [0.1, 0.15) is 25.0 Å². The van der Waals surface area contributed by atoms with Crippen molar-refractivity contribution < 1.29 is 14.2 Å². The fourth-order valence-electron chi connectivity index (χ4n) is 2.95. The van der Waals surface area contributed by atoms with E-state index in [0.29, 0.717) is 24.0 Å². The zero-order valence-corrected chi connectivity index (χ0v) is 17.3. The molecule has 144 valence electrons. The summed E-state index contributed by atoms with van der Waals surface area (Å²) < 4.78 is 16.6. The highest BCUT2D eigenvalue weighted by Crippen LogP contribution is 2.25. The van der Waals surface area contributed by atoms with Crippen molar-refractivity contribution in [3.8, 4) is 18.1 Å². The van der Waals surface area contributed by atoms with Crippen LogP contribution in [0.5, 0.6) is 5.75 Å². The number of aromatic nitrogens is 1. The quantitative estimate of drug-likeness (QED) is 0.555. The van der Waals surface area contributed by atoms with Crippen LogP contribution in [-0.2, 0) is 9.47 Å². The Kier molecular flexibility index (Phi) is 7.14. The molecule has 2 aromatic rings. The first-order valence-corrected chi connectivity index (χ1v) is 9.06. The highest BCUT2D eigenvalue weighted by Gasteiger charge is 2.27. The first-order chi connectivity index (χ1) is 12.8. The van der Waals surface area contributed by atoms with Gasteiger partial charge in [-0.25, -0.2) is 0 Å². The minimum Gasteiger partial charge on any atom is -0.484 e. The highest BCUT2D eigenvalue weighted by atomic mass is 32.1. The lowest BCUT2D eigenvalue weighted by molar-refractivity contribution is 0.0614. The molecule has 1 aromatic carbocycles. The Morgan fingerprint density at radius 2 is 1.96 bits per heavy atom. The number of pyridine rings is 1. The van der Waals surface area contributed by atoms with Crippen LogP contribution < -0.4 is 10.1 Å². The Morgan fingerprint density at radius 3 is 2.56 bits per heavy atom. The lowest BCUT2D eigenvalue weighted by Gasteiger charge is -2.32. The van der Waals surface area contributed by atoms with Gasteiger partial charge >= 0.3 is 0 Å². The molecule has 0 amide bonds. The second-order valence-corrected chi connectivity index (χ2v) is 7.30. The van der Waals surface area contributed by atoms with E-state index in [4.69, 9.17) is 32.9 Å². The van der Waals surface area contributed by atoms with Gasteiger partial charge in [0.25, 0.3) is 0 Å². The summed E-state index contributed by atoms with van der Waals surface area (Å²) in [5.41, 5.74) is 2.23. The maximum Gasteiger partial charge on any atom is 0.146 e. The summed E-state index contributed by atoms with van der Waals surface area (Å²) in [7, 11) is 3.30. The fraction of sp³-hybridized carbons (Fsp3) is 0.429. The van der Waals surface area contributed by atoms with Crippen LogP contribution in [-0.4, -0.2) is 49.0 Å². The van der Waals surface area contributed by atoms with Gasteiger partial charge in [0.15, 0.2) is 0 Å². The van der Waals surface area contributed by atoms with E-state index in [9.17, 15) is 0 Å². The molecule has 1 unspecified atom stereocenters. The van der Waals surface area contributed by atoms with E-state index in [1.54, 1.807) is 20.4 Å². The number of aryl methyl sites for hydroxylation is 1. The number of benzene rings is 1. The van der Waals surface area contributed by atoms with E-state index >= 15 is 0 Å². The topological polar surface area (TPSA) is 52.6 Å². The molecule has 0 saturated heterocycles. The number of methoxy groups -OCH3 is 2. The van der Waals surface area contributed by atoms with E-state index in [0.717, 1.165) is 22.0 Å². The van der Waals surface area contributed by atoms with Gasteiger partial charge in [0.05, 0.1) is 24.3 Å². The Labute approximate surface area is 166 Å². The van der Waals surface area contributed by atoms with E-state index in [1.807, 2.05) is 39.0 Å². The first-order valence-electron chi connectivity index (χ1n) is 8.65. The molecule has 0 fully saturated rings. The minimum absolute atomic E-state index is 0.325. The van der Waals surface area contributed by atoms with Crippen molar-refractivity contribution in [2.45, 2.75) is 32.4 Å². The van der Waals surface area contributed by atoms with Crippen LogP contribution in [0.3, 0.4) is 0 Å². The summed E-state index contributed by atoms with van der Waals surface area (Å²) in [6, 6.07) is 5.81. The molecule has 1 heterocycles. The van der Waals surface area contributed by atoms with E-state index in [-0.39, 0.29) is 6.10 Å². The van der Waals surface area contributed by atoms with Crippen LogP contribution in [0.2, 0.25) is 0 Å². The van der Waals surface area contributed by atoms with Crippen LogP contribution in [0, 0.1) is 19.3 Å². The molecular formula is C21H26N2O3S. The molecule has 0 aliphatic heterocycles. The monoisotopic (exact) mass is 386 g/mol. The molecule has 0 aliphatic rings. The van der Waals surface area contributed by atoms with Gasteiger partial charge in [-0.15, -0.1) is 6.42 Å². The Hall–Kier alpha value is -2.20. The maximum atomic E-state index is 6.08. The molecule has 2 rings (SSSR count). The van der Waals surface area contributed by atoms with Gasteiger partial charge in [-0.1, -0.05) is 18.1 Å². The second kappa shape index (κ2) is 9.14. The number of ether oxygens (including phenoxy) is 3. The molecule has 1 atom stereocenters. The molecule has 1 N–H and O–H groups in total. The molecule has 0 saturated carbocycles. The standard InChI is InChI=1S/C21H26N2O3S/c1-7-16-9-17-10-18(8-14(2)19(17)22-11-16)26-15(3)20(27)23-21(4,12-24-5)13-25-6/h1,8-11,15H,12-13H2,2-6H3,(H,23,27). The second-order valence-electron chi connectivity index (χ2n) is 6.86. The normalized spacial score (nSPS) is 12.4. The molecule has 27 heavy (non-hydrogen) atoms. The first kappa shape index (κ1) is 21.1. The van der Waals surface area contributed by atoms with E-state index in [1.165, 1.54) is 0 Å². The molecule has 0 spiro atoms. The van der Waals surface area contributed by atoms with Crippen LogP contribution in [0.25, 0.3) is 10.9 Å². The van der Waals surface area contributed by atoms with Crippen molar-refractivity contribution >= 4 is 28.1 Å². The summed E-state index contributed by atoms with van der Waals surface area (Å²) in [4.78, 5) is 5.02. The maximum absolute atomic E-state index is 6.08. The molecule has 1 aromatic heterocycles. The third-order valence-corrected chi connectivity index (χ3v) is 4.58. The van der Waals surface area contributed by atoms with Crippen molar-refractivity contribution in [3.63, 3.8) is 0 Å². The number of terminal acetylenes is 1. The van der Waals surface area contributed by atoms with Crippen molar-refractivity contribution in [2.75, 3.05) is 27.4 Å². The molecule has 0 radical (unpaired) electrons. The predicted molar refractivity (Wildman–Crippen MR) is 112 cm³/mol. The van der Waals surface area contributed by atoms with Crippen molar-refractivity contribution in [1.29, 1.82) is 0 Å². The van der Waals surface area contributed by atoms with Gasteiger partial charge < -0.3 is 19.5 Å². The average molecular weight is 387 g/mol. The van der Waals surface area contributed by atoms with Crippen LogP contribution >= 0.6 is 12.2 Å². The molecule has 6 heteroatoms. The van der Waals surface area contributed by atoms with Gasteiger partial charge in [0.1, 0.15) is 16.8 Å². The largest absolute Gasteiger partial charge is 0.484 e. The SMILES string of the molecule is C#Cc1cnc2c(C)cc(OC(C)C(=S)NC(C)(COC)COC)cc2c1. The number of fused-ring (bicyclic) bond motifs is 1. The molecule has 0 bridgehead atoms. The third-order valence-electron chi connectivity index (χ3n) is 4.15. The smallest absolute Gasteiger partial charge is 0.146 e. The van der Waals surface area contributed by atoms with Gasteiger partial charge in [-0.3, -0.25) is 4.98 Å². The lowest BCUT2D eigenvalue weighted by atomic mass is 10.1. The Balaban J connectivity index is 2.18. The number of hydrogen-bond acceptors (Lipinski definition) is 5. The summed E-state index contributed by atoms with van der Waals surface area (Å²) in [6.45, 7) is 6.82. The Bertz CT molecular complexity index is 854. The fourth-order valence-corrected chi connectivity index (χ4v) is 3.25. The van der Waals surface area contributed by atoms with Crippen molar-refractivity contribution in [3.05, 3.63) is 35.5 Å². The third kappa shape index (κ3) is 5.39. The Morgan fingerprint density at radius 1 is 1.30 bits per heavy atom. The van der Waals surface area contributed by atoms with Crippen molar-refractivity contribution in [2.24, 2.45) is 0 Å². The number of rotatable bonds is 8. The van der Waals surface area contributed by atoms with Crippen LogP contribution in [0.15, 0.2) is 24.4 Å².